The molecule has 0 amide bonds. The largest absolute Gasteiger partial charge is 0.480 e. The van der Waals surface area contributed by atoms with E-state index >= 15 is 0 Å². The Hall–Kier alpha value is -4.71. The molecule has 9 nitrogen and oxygen atoms in total. The van der Waals surface area contributed by atoms with Crippen molar-refractivity contribution in [3.63, 3.8) is 0 Å². The Kier molecular flexibility index (Phi) is 8.49. The number of halogens is 3. The normalized spacial score (nSPS) is 12.4. The van der Waals surface area contributed by atoms with Crippen molar-refractivity contribution in [2.75, 3.05) is 0 Å². The van der Waals surface area contributed by atoms with E-state index in [1.165, 1.54) is 16.8 Å². The van der Waals surface area contributed by atoms with Gasteiger partial charge in [0.25, 0.3) is 0 Å². The van der Waals surface area contributed by atoms with Crippen LogP contribution in [0.25, 0.3) is 16.5 Å². The van der Waals surface area contributed by atoms with Gasteiger partial charge >= 0.3 is 11.9 Å². The number of hydrogen-bond acceptors (Lipinski definition) is 7. The third kappa shape index (κ3) is 6.38. The van der Waals surface area contributed by atoms with Crippen LogP contribution in [-0.4, -0.2) is 36.6 Å². The molecule has 5 rings (SSSR count). The van der Waals surface area contributed by atoms with Crippen molar-refractivity contribution in [1.29, 1.82) is 0 Å². The van der Waals surface area contributed by atoms with Crippen molar-refractivity contribution in [2.24, 2.45) is 0 Å². The van der Waals surface area contributed by atoms with Crippen LogP contribution in [-0.2, 0) is 24.5 Å². The molecule has 3 heterocycles. The average Bonchev–Trinajstić information content (AvgIpc) is 3.29. The topological polar surface area (TPSA) is 93.3 Å². The van der Waals surface area contributed by atoms with E-state index in [1.54, 1.807) is 38.2 Å². The van der Waals surface area contributed by atoms with E-state index in [2.05, 4.69) is 15.1 Å². The molecule has 0 aliphatic rings. The van der Waals surface area contributed by atoms with Crippen LogP contribution in [0.15, 0.2) is 71.8 Å². The third-order valence-electron chi connectivity index (χ3n) is 6.86. The number of rotatable bonds is 10. The fourth-order valence-corrected chi connectivity index (χ4v) is 4.58. The maximum Gasteiger partial charge on any atom is 0.425 e. The first-order valence-corrected chi connectivity index (χ1v) is 13.6. The molecule has 0 saturated carbocycles. The highest BCUT2D eigenvalue weighted by molar-refractivity contribution is 5.94. The summed E-state index contributed by atoms with van der Waals surface area (Å²) in [5, 5.41) is 5.12. The fraction of sp³-hybridized carbons (Fsp3) is 0.290. The second-order valence-electron chi connectivity index (χ2n) is 9.94. The molecule has 0 radical (unpaired) electrons. The summed E-state index contributed by atoms with van der Waals surface area (Å²) in [6, 6.07) is 15.9. The van der Waals surface area contributed by atoms with E-state index in [0.29, 0.717) is 35.8 Å². The molecule has 43 heavy (non-hydrogen) atoms. The molecule has 5 aromatic rings. The Bertz CT molecular complexity index is 1780. The maximum absolute atomic E-state index is 13.7. The number of aryl methyl sites for hydroxylation is 2. The van der Waals surface area contributed by atoms with Crippen molar-refractivity contribution in [3.05, 3.63) is 100 Å². The van der Waals surface area contributed by atoms with Gasteiger partial charge in [0.2, 0.25) is 5.88 Å². The zero-order valence-electron chi connectivity index (χ0n) is 24.1. The van der Waals surface area contributed by atoms with Crippen molar-refractivity contribution in [3.8, 4) is 23.1 Å². The molecule has 0 bridgehead atoms. The highest BCUT2D eigenvalue weighted by Crippen LogP contribution is 2.39. The number of benzene rings is 2. The van der Waals surface area contributed by atoms with E-state index in [1.807, 2.05) is 37.3 Å². The monoisotopic (exact) mass is 593 g/mol. The lowest BCUT2D eigenvalue weighted by Gasteiger charge is -2.20. The van der Waals surface area contributed by atoms with E-state index in [9.17, 15) is 18.0 Å². The van der Waals surface area contributed by atoms with Gasteiger partial charge in [-0.2, -0.15) is 17.9 Å². The number of hydrogen-bond donors (Lipinski definition) is 0. The molecule has 3 aromatic heterocycles. The molecule has 1 atom stereocenters. The highest BCUT2D eigenvalue weighted by Gasteiger charge is 2.38. The van der Waals surface area contributed by atoms with Crippen molar-refractivity contribution in [1.82, 2.24) is 24.3 Å². The van der Waals surface area contributed by atoms with E-state index in [0.717, 1.165) is 22.7 Å². The van der Waals surface area contributed by atoms with E-state index in [4.69, 9.17) is 14.2 Å². The number of aromatic nitrogens is 5. The Morgan fingerprint density at radius 3 is 2.42 bits per heavy atom. The van der Waals surface area contributed by atoms with Gasteiger partial charge in [-0.05, 0) is 62.4 Å². The molecule has 2 aromatic carbocycles. The Morgan fingerprint density at radius 2 is 1.72 bits per heavy atom. The van der Waals surface area contributed by atoms with Crippen LogP contribution in [0, 0.1) is 13.8 Å². The fourth-order valence-electron chi connectivity index (χ4n) is 4.58. The molecule has 0 N–H and O–H groups in total. The predicted octanol–water partition coefficient (Wildman–Crippen LogP) is 6.45. The lowest BCUT2D eigenvalue weighted by Crippen LogP contribution is -2.31. The minimum absolute atomic E-state index is 0.0362. The molecular formula is C31H30F3N5O4. The van der Waals surface area contributed by atoms with Crippen molar-refractivity contribution >= 4 is 10.8 Å². The van der Waals surface area contributed by atoms with Crippen LogP contribution in [0.2, 0.25) is 0 Å². The number of nitrogens with zero attached hydrogens (tertiary/aromatic N) is 5. The van der Waals surface area contributed by atoms with Crippen LogP contribution in [0.1, 0.15) is 36.5 Å². The first kappa shape index (κ1) is 29.8. The lowest BCUT2D eigenvalue weighted by molar-refractivity contribution is -0.189. The summed E-state index contributed by atoms with van der Waals surface area (Å²) in [5.74, 6) is 0.670. The van der Waals surface area contributed by atoms with Crippen LogP contribution >= 0.6 is 0 Å². The molecule has 224 valence electrons. The Morgan fingerprint density at radius 1 is 0.977 bits per heavy atom. The van der Waals surface area contributed by atoms with Gasteiger partial charge in [-0.1, -0.05) is 30.3 Å². The summed E-state index contributed by atoms with van der Waals surface area (Å²) in [6.45, 7) is 6.98. The smallest absolute Gasteiger partial charge is 0.425 e. The zero-order valence-corrected chi connectivity index (χ0v) is 24.1. The van der Waals surface area contributed by atoms with E-state index in [-0.39, 0.29) is 29.3 Å². The summed E-state index contributed by atoms with van der Waals surface area (Å²) < 4.78 is 60.9. The number of fused-ring (bicyclic) bond motifs is 1. The van der Waals surface area contributed by atoms with Crippen LogP contribution in [0.3, 0.4) is 0 Å². The lowest BCUT2D eigenvalue weighted by atomic mass is 10.1. The molecule has 0 aliphatic heterocycles. The maximum atomic E-state index is 13.7. The van der Waals surface area contributed by atoms with Crippen molar-refractivity contribution < 1.29 is 27.4 Å². The number of pyridine rings is 2. The molecule has 12 heteroatoms. The second kappa shape index (κ2) is 12.3. The van der Waals surface area contributed by atoms with Crippen molar-refractivity contribution in [2.45, 2.75) is 59.7 Å². The number of alkyl halides is 3. The standard InChI is InChI=1S/C31H30F3N5O4/c1-5-38-26(18-41-17-22-9-7-6-8-10-22)37-39(30(38)40)24-15-23-12-14-36-29(43-28-19(2)11-13-35-20(28)3)27(23)25(16-24)42-21(4)31(32,33)34/h6-16,21H,5,17-18H2,1-4H3/t21-/m0/s1. The first-order valence-electron chi connectivity index (χ1n) is 13.6. The summed E-state index contributed by atoms with van der Waals surface area (Å²) in [7, 11) is 0. The molecule has 0 unspecified atom stereocenters. The first-order chi connectivity index (χ1) is 20.6. The molecule has 0 fully saturated rings. The van der Waals surface area contributed by atoms with Gasteiger partial charge in [0.1, 0.15) is 12.4 Å². The van der Waals surface area contributed by atoms with Gasteiger partial charge in [-0.15, -0.1) is 5.10 Å². The molecule has 0 aliphatic carbocycles. The SMILES string of the molecule is CCn1c(COCc2ccccc2)nn(-c2cc(O[C@@H](C)C(F)(F)F)c3c(Oc4c(C)ccnc4C)nccc3c2)c1=O. The molecule has 0 saturated heterocycles. The number of ether oxygens (including phenoxy) is 3. The van der Waals surface area contributed by atoms with Gasteiger partial charge in [0.05, 0.1) is 23.4 Å². The minimum atomic E-state index is -4.65. The summed E-state index contributed by atoms with van der Waals surface area (Å²) in [4.78, 5) is 22.0. The van der Waals surface area contributed by atoms with Gasteiger partial charge in [0.15, 0.2) is 17.7 Å². The average molecular weight is 594 g/mol. The summed E-state index contributed by atoms with van der Waals surface area (Å²) >= 11 is 0. The van der Waals surface area contributed by atoms with Gasteiger partial charge in [-0.25, -0.2) is 9.78 Å². The highest BCUT2D eigenvalue weighted by atomic mass is 19.4. The third-order valence-corrected chi connectivity index (χ3v) is 6.86. The van der Waals surface area contributed by atoms with E-state index < -0.39 is 18.0 Å². The van der Waals surface area contributed by atoms with Crippen LogP contribution in [0.5, 0.6) is 17.4 Å². The Balaban J connectivity index is 1.58. The summed E-state index contributed by atoms with van der Waals surface area (Å²) in [5.41, 5.74) is 2.06. The zero-order chi connectivity index (χ0) is 30.7. The van der Waals surface area contributed by atoms with Gasteiger partial charge in [0, 0.05) is 25.0 Å². The second-order valence-corrected chi connectivity index (χ2v) is 9.94. The van der Waals surface area contributed by atoms with Crippen LogP contribution < -0.4 is 15.2 Å². The minimum Gasteiger partial charge on any atom is -0.480 e. The predicted molar refractivity (Wildman–Crippen MR) is 154 cm³/mol. The Labute approximate surface area is 245 Å². The summed E-state index contributed by atoms with van der Waals surface area (Å²) in [6.07, 6.45) is -3.71. The quantitative estimate of drug-likeness (QED) is 0.184. The van der Waals surface area contributed by atoms with Gasteiger partial charge in [-0.3, -0.25) is 9.55 Å². The van der Waals surface area contributed by atoms with Crippen LogP contribution in [0.4, 0.5) is 13.2 Å². The molecular weight excluding hydrogens is 563 g/mol. The van der Waals surface area contributed by atoms with Gasteiger partial charge < -0.3 is 14.2 Å². The molecule has 0 spiro atoms.